The molecule has 1 amide bonds. The molecule has 0 saturated heterocycles. The van der Waals surface area contributed by atoms with Gasteiger partial charge < -0.3 is 58.2 Å². The number of carbonyl (C=O) groups is 4. The van der Waals surface area contributed by atoms with Gasteiger partial charge in [-0.2, -0.15) is 0 Å². The molecule has 92 heavy (non-hydrogen) atoms. The topological polar surface area (TPSA) is 228 Å². The van der Waals surface area contributed by atoms with Crippen molar-refractivity contribution in [2.75, 3.05) is 76.5 Å². The van der Waals surface area contributed by atoms with E-state index in [1.807, 2.05) is 109 Å². The van der Waals surface area contributed by atoms with E-state index in [-0.39, 0.29) is 76.0 Å². The highest BCUT2D eigenvalue weighted by atomic mass is 35.5. The summed E-state index contributed by atoms with van der Waals surface area (Å²) in [5.74, 6) is 1.07. The molecular weight excluding hydrogens is 1300 g/mol. The summed E-state index contributed by atoms with van der Waals surface area (Å²) in [6.07, 6.45) is -5.49. The number of alkyl carbamates (subject to hydrolysis) is 1. The van der Waals surface area contributed by atoms with E-state index in [0.717, 1.165) is 31.4 Å². The predicted molar refractivity (Wildman–Crippen MR) is 361 cm³/mol. The van der Waals surface area contributed by atoms with Gasteiger partial charge in [0.05, 0.1) is 6.54 Å². The highest BCUT2D eigenvalue weighted by molar-refractivity contribution is 7.99. The van der Waals surface area contributed by atoms with Crippen molar-refractivity contribution in [3.8, 4) is 17.2 Å². The van der Waals surface area contributed by atoms with Crippen LogP contribution in [0.1, 0.15) is 44.4 Å². The maximum atomic E-state index is 13.0. The average molecular weight is 1380 g/mol. The summed E-state index contributed by atoms with van der Waals surface area (Å²) in [6.45, 7) is 17.8. The van der Waals surface area contributed by atoms with Crippen molar-refractivity contribution >= 4 is 94.1 Å². The highest BCUT2D eigenvalue weighted by Crippen LogP contribution is 2.41. The van der Waals surface area contributed by atoms with E-state index in [1.165, 1.54) is 42.2 Å². The van der Waals surface area contributed by atoms with Crippen molar-refractivity contribution in [1.29, 1.82) is 0 Å². The minimum atomic E-state index is -1.41. The molecule has 5 N–H and O–H groups in total. The van der Waals surface area contributed by atoms with Crippen LogP contribution in [-0.4, -0.2) is 142 Å². The van der Waals surface area contributed by atoms with Crippen LogP contribution in [0.3, 0.4) is 0 Å². The molecule has 0 bridgehead atoms. The molecule has 24 heteroatoms. The fourth-order valence-electron chi connectivity index (χ4n) is 8.22. The molecule has 5 atom stereocenters. The number of nitrogens with one attached hydrogen (secondary N) is 3. The van der Waals surface area contributed by atoms with Gasteiger partial charge in [-0.1, -0.05) is 90.9 Å². The van der Waals surface area contributed by atoms with Crippen LogP contribution >= 0.6 is 70.1 Å². The van der Waals surface area contributed by atoms with Gasteiger partial charge in [-0.15, -0.1) is 35.3 Å². The van der Waals surface area contributed by atoms with E-state index >= 15 is 0 Å². The van der Waals surface area contributed by atoms with Crippen molar-refractivity contribution in [2.24, 2.45) is 0 Å². The largest absolute Gasteiger partial charge is 0.491 e. The monoisotopic (exact) mass is 1380 g/mol. The van der Waals surface area contributed by atoms with E-state index in [1.54, 1.807) is 50.2 Å². The van der Waals surface area contributed by atoms with E-state index in [2.05, 4.69) is 42.6 Å². The van der Waals surface area contributed by atoms with Gasteiger partial charge in [0.15, 0.2) is 0 Å². The Morgan fingerprint density at radius 3 is 1.07 bits per heavy atom. The number of esters is 3. The summed E-state index contributed by atoms with van der Waals surface area (Å²) in [5.41, 5.74) is 2.61. The van der Waals surface area contributed by atoms with Crippen molar-refractivity contribution in [2.45, 2.75) is 78.9 Å². The number of aliphatic hydroxyl groups excluding tert-OH is 2. The molecule has 0 saturated carbocycles. The smallest absolute Gasteiger partial charge is 0.407 e. The molecular formula is C68H76Cl3N3O15S3. The molecule has 0 spiro atoms. The first-order valence-electron chi connectivity index (χ1n) is 29.0. The molecule has 0 heterocycles. The summed E-state index contributed by atoms with van der Waals surface area (Å²) >= 11 is 22.9. The second-order valence-electron chi connectivity index (χ2n) is 20.8. The van der Waals surface area contributed by atoms with Crippen LogP contribution in [0.25, 0.3) is 0 Å². The average Bonchev–Trinajstić information content (AvgIpc) is 0.776. The molecule has 6 rings (SSSR count). The van der Waals surface area contributed by atoms with Crippen molar-refractivity contribution in [3.05, 3.63) is 214 Å². The minimum Gasteiger partial charge on any atom is -0.491 e. The first-order chi connectivity index (χ1) is 44.1. The van der Waals surface area contributed by atoms with Crippen molar-refractivity contribution < 1.29 is 72.0 Å². The number of hydrogen-bond donors (Lipinski definition) is 5. The third-order valence-corrected chi connectivity index (χ3v) is 17.4. The molecule has 0 aliphatic heterocycles. The van der Waals surface area contributed by atoms with Gasteiger partial charge in [0, 0.05) is 82.2 Å². The second-order valence-corrected chi connectivity index (χ2v) is 25.3. The lowest BCUT2D eigenvalue weighted by atomic mass is 9.71. The van der Waals surface area contributed by atoms with Crippen molar-refractivity contribution in [3.63, 3.8) is 0 Å². The van der Waals surface area contributed by atoms with Crippen LogP contribution in [0.5, 0.6) is 17.2 Å². The second kappa shape index (κ2) is 39.1. The molecule has 0 aromatic heterocycles. The van der Waals surface area contributed by atoms with E-state index < -0.39 is 60.6 Å². The van der Waals surface area contributed by atoms with Gasteiger partial charge in [0.1, 0.15) is 75.2 Å². The molecule has 492 valence electrons. The standard InChI is InChI=1S/C68H76Cl3N3O15S3/c1-44(2)62(75)81-35-32-72-65(78)87-56(41-90-59-26-14-50(69)15-27-59)38-84-53-20-8-47(9-21-53)68(7,48-10-22-54(23-11-48)85-39-57(42-91-60-28-16-51(70)17-29-60)88-66(79)73-33-36-82-63(76)45(3)4)49-12-24-55(25-13-49)86-40-58(43-92-61-30-18-52(71)19-31-61)89-67(80)74-34-37-83-64(77)46(5)6/h8-31,56-58,65-66,72-73,78-79H,1,3,5,32-43H2,2,4,6-7H3,(H,74,80). The van der Waals surface area contributed by atoms with Crippen LogP contribution in [0.15, 0.2) is 197 Å². The lowest BCUT2D eigenvalue weighted by molar-refractivity contribution is -0.157. The van der Waals surface area contributed by atoms with E-state index in [4.69, 9.17) is 77.4 Å². The summed E-state index contributed by atoms with van der Waals surface area (Å²) in [7, 11) is 0. The van der Waals surface area contributed by atoms with E-state index in [0.29, 0.717) is 49.6 Å². The van der Waals surface area contributed by atoms with Gasteiger partial charge in [0.25, 0.3) is 0 Å². The quantitative estimate of drug-likeness (QED) is 0.00458. The Morgan fingerprint density at radius 2 is 0.750 bits per heavy atom. The predicted octanol–water partition coefficient (Wildman–Crippen LogP) is 12.5. The van der Waals surface area contributed by atoms with Crippen LogP contribution in [-0.2, 0) is 48.2 Å². The molecule has 0 aliphatic rings. The number of aliphatic hydroxyl groups is 2. The van der Waals surface area contributed by atoms with Gasteiger partial charge >= 0.3 is 24.0 Å². The Balaban J connectivity index is 1.22. The lowest BCUT2D eigenvalue weighted by Gasteiger charge is -2.32. The number of carbonyl (C=O) groups excluding carboxylic acids is 4. The summed E-state index contributed by atoms with van der Waals surface area (Å²) in [6, 6.07) is 45.0. The Labute approximate surface area is 565 Å². The highest BCUT2D eigenvalue weighted by Gasteiger charge is 2.32. The molecule has 0 aliphatic carbocycles. The maximum absolute atomic E-state index is 13.0. The maximum Gasteiger partial charge on any atom is 0.407 e. The fourth-order valence-corrected chi connectivity index (χ4v) is 11.2. The molecule has 0 fully saturated rings. The summed E-state index contributed by atoms with van der Waals surface area (Å²) in [4.78, 5) is 51.4. The molecule has 18 nitrogen and oxygen atoms in total. The first kappa shape index (κ1) is 74.3. The summed E-state index contributed by atoms with van der Waals surface area (Å²) < 4.78 is 52.3. The van der Waals surface area contributed by atoms with E-state index in [9.17, 15) is 29.4 Å². The Morgan fingerprint density at radius 1 is 0.457 bits per heavy atom. The van der Waals surface area contributed by atoms with Crippen LogP contribution in [0, 0.1) is 0 Å². The molecule has 6 aromatic carbocycles. The number of thioether (sulfide) groups is 3. The molecule has 5 unspecified atom stereocenters. The number of hydrogen-bond acceptors (Lipinski definition) is 20. The van der Waals surface area contributed by atoms with Gasteiger partial charge in [0.2, 0.25) is 12.8 Å². The normalized spacial score (nSPS) is 13.4. The Bertz CT molecular complexity index is 3170. The zero-order chi connectivity index (χ0) is 66.4. The summed E-state index contributed by atoms with van der Waals surface area (Å²) in [5, 5.41) is 31.8. The third-order valence-electron chi connectivity index (χ3n) is 13.2. The van der Waals surface area contributed by atoms with Gasteiger partial charge in [-0.3, -0.25) is 10.6 Å². The molecule has 0 radical (unpaired) electrons. The fraction of sp³-hybridized carbons (Fsp3) is 0.324. The van der Waals surface area contributed by atoms with Crippen molar-refractivity contribution in [1.82, 2.24) is 16.0 Å². The number of amides is 1. The lowest BCUT2D eigenvalue weighted by Crippen LogP contribution is -2.40. The Kier molecular flexibility index (Phi) is 31.6. The third kappa shape index (κ3) is 26.4. The number of rotatable bonds is 40. The van der Waals surface area contributed by atoms with Gasteiger partial charge in [-0.05, 0) is 154 Å². The van der Waals surface area contributed by atoms with Crippen LogP contribution in [0.2, 0.25) is 15.1 Å². The minimum absolute atomic E-state index is 0.000491. The van der Waals surface area contributed by atoms with Crippen LogP contribution < -0.4 is 30.2 Å². The van der Waals surface area contributed by atoms with Gasteiger partial charge in [-0.25, -0.2) is 19.2 Å². The zero-order valence-corrected chi connectivity index (χ0v) is 56.1. The number of ether oxygens (including phenoxy) is 9. The Hall–Kier alpha value is -6.70. The number of benzene rings is 6. The number of halogens is 3. The molecule has 6 aromatic rings. The SMILES string of the molecule is C=C(C)C(=O)OCCNC(=O)OC(COc1ccc(C(C)(c2ccc(OCC(CSc3ccc(Cl)cc3)OC(O)NCCOC(=O)C(=C)C)cc2)c2ccc(OCC(CSc3ccc(Cl)cc3)OC(O)NCCOC(=O)C(=C)C)cc2)cc1)CSc1ccc(Cl)cc1. The first-order valence-corrected chi connectivity index (χ1v) is 33.1. The zero-order valence-electron chi connectivity index (χ0n) is 51.4. The van der Waals surface area contributed by atoms with Crippen LogP contribution in [0.4, 0.5) is 4.79 Å².